The molecular weight excluding hydrogens is 316 g/mol. The molecule has 0 bridgehead atoms. The minimum atomic E-state index is -0.491. The maximum atomic E-state index is 12.4. The number of aryl methyl sites for hydroxylation is 1. The highest BCUT2D eigenvalue weighted by Crippen LogP contribution is 2.30. The summed E-state index contributed by atoms with van der Waals surface area (Å²) in [5.41, 5.74) is 1.08. The molecule has 5 heteroatoms. The molecule has 1 saturated carbocycles. The quantitative estimate of drug-likeness (QED) is 0.675. The average Bonchev–Trinajstić information content (AvgIpc) is 2.57. The van der Waals surface area contributed by atoms with E-state index in [0.717, 1.165) is 31.2 Å². The van der Waals surface area contributed by atoms with Gasteiger partial charge in [0.15, 0.2) is 0 Å². The van der Waals surface area contributed by atoms with E-state index in [2.05, 4.69) is 17.6 Å². The van der Waals surface area contributed by atoms with Gasteiger partial charge in [-0.2, -0.15) is 0 Å². The van der Waals surface area contributed by atoms with E-state index < -0.39 is 12.1 Å². The van der Waals surface area contributed by atoms with Crippen molar-refractivity contribution in [2.24, 2.45) is 0 Å². The molecule has 5 nitrogen and oxygen atoms in total. The molecule has 0 saturated heterocycles. The number of benzene rings is 1. The Kier molecular flexibility index (Phi) is 7.00. The third kappa shape index (κ3) is 5.85. The number of nitrogens with one attached hydrogen (secondary N) is 2. The highest BCUT2D eigenvalue weighted by molar-refractivity contribution is 5.83. The first-order valence-electron chi connectivity index (χ1n) is 9.22. The van der Waals surface area contributed by atoms with Crippen LogP contribution in [0.2, 0.25) is 0 Å². The van der Waals surface area contributed by atoms with Crippen LogP contribution in [0.25, 0.3) is 0 Å². The van der Waals surface area contributed by atoms with Crippen molar-refractivity contribution in [3.8, 4) is 0 Å². The number of ether oxygens (including phenoxy) is 1. The van der Waals surface area contributed by atoms with Crippen molar-refractivity contribution in [2.75, 3.05) is 6.61 Å². The first-order valence-corrected chi connectivity index (χ1v) is 9.22. The lowest BCUT2D eigenvalue weighted by molar-refractivity contribution is -0.146. The molecule has 25 heavy (non-hydrogen) atoms. The molecule has 1 aromatic rings. The Morgan fingerprint density at radius 3 is 2.48 bits per heavy atom. The Hall–Kier alpha value is -1.88. The van der Waals surface area contributed by atoms with Gasteiger partial charge in [0.2, 0.25) is 5.91 Å². The van der Waals surface area contributed by atoms with E-state index in [1.807, 2.05) is 30.3 Å². The minimum absolute atomic E-state index is 0.0591. The second-order valence-electron chi connectivity index (χ2n) is 7.12. The lowest BCUT2D eigenvalue weighted by atomic mass is 9.78. The molecule has 1 amide bonds. The van der Waals surface area contributed by atoms with Gasteiger partial charge < -0.3 is 10.1 Å². The van der Waals surface area contributed by atoms with Gasteiger partial charge in [0.1, 0.15) is 6.04 Å². The number of carbonyl (C=O) groups excluding carboxylic acids is 2. The van der Waals surface area contributed by atoms with E-state index in [-0.39, 0.29) is 17.4 Å². The zero-order valence-corrected chi connectivity index (χ0v) is 15.5. The second kappa shape index (κ2) is 8.99. The van der Waals surface area contributed by atoms with Crippen molar-refractivity contribution in [3.63, 3.8) is 0 Å². The van der Waals surface area contributed by atoms with Crippen LogP contribution >= 0.6 is 0 Å². The van der Waals surface area contributed by atoms with Gasteiger partial charge in [-0.15, -0.1) is 0 Å². The lowest BCUT2D eigenvalue weighted by Crippen LogP contribution is -2.57. The van der Waals surface area contributed by atoms with Crippen LogP contribution in [-0.4, -0.2) is 36.1 Å². The molecule has 1 fully saturated rings. The molecule has 1 aromatic carbocycles. The van der Waals surface area contributed by atoms with Crippen molar-refractivity contribution in [1.29, 1.82) is 0 Å². The summed E-state index contributed by atoms with van der Waals surface area (Å²) < 4.78 is 5.17. The van der Waals surface area contributed by atoms with Crippen LogP contribution in [0.15, 0.2) is 30.3 Å². The average molecular weight is 346 g/mol. The molecule has 0 radical (unpaired) electrons. The molecule has 0 aromatic heterocycles. The van der Waals surface area contributed by atoms with E-state index in [1.165, 1.54) is 0 Å². The molecule has 0 unspecified atom stereocenters. The van der Waals surface area contributed by atoms with Crippen molar-refractivity contribution < 1.29 is 14.3 Å². The Morgan fingerprint density at radius 2 is 1.92 bits per heavy atom. The normalized spacial score (nSPS) is 17.9. The van der Waals surface area contributed by atoms with Gasteiger partial charge in [-0.05, 0) is 58.4 Å². The number of hydrogen-bond donors (Lipinski definition) is 2. The van der Waals surface area contributed by atoms with E-state index >= 15 is 0 Å². The van der Waals surface area contributed by atoms with Crippen molar-refractivity contribution in [2.45, 2.75) is 70.5 Å². The van der Waals surface area contributed by atoms with Crippen molar-refractivity contribution in [3.05, 3.63) is 35.9 Å². The molecule has 2 N–H and O–H groups in total. The Balaban J connectivity index is 1.92. The number of esters is 1. The molecular formula is C20H30N2O3. The fourth-order valence-corrected chi connectivity index (χ4v) is 3.08. The molecule has 1 aliphatic carbocycles. The summed E-state index contributed by atoms with van der Waals surface area (Å²) >= 11 is 0. The van der Waals surface area contributed by atoms with E-state index in [4.69, 9.17) is 4.74 Å². The topological polar surface area (TPSA) is 67.4 Å². The van der Waals surface area contributed by atoms with Crippen molar-refractivity contribution >= 4 is 11.9 Å². The highest BCUT2D eigenvalue weighted by Gasteiger charge is 2.35. The molecule has 138 valence electrons. The van der Waals surface area contributed by atoms with Gasteiger partial charge in [-0.25, -0.2) is 0 Å². The lowest BCUT2D eigenvalue weighted by Gasteiger charge is -2.40. The van der Waals surface area contributed by atoms with E-state index in [1.54, 1.807) is 13.8 Å². The van der Waals surface area contributed by atoms with Gasteiger partial charge in [0, 0.05) is 5.54 Å². The number of amides is 1. The summed E-state index contributed by atoms with van der Waals surface area (Å²) in [6, 6.07) is 9.08. The van der Waals surface area contributed by atoms with Gasteiger partial charge in [-0.1, -0.05) is 30.3 Å². The zero-order chi connectivity index (χ0) is 18.3. The molecule has 2 atom stereocenters. The van der Waals surface area contributed by atoms with Crippen LogP contribution < -0.4 is 10.6 Å². The van der Waals surface area contributed by atoms with E-state index in [9.17, 15) is 9.59 Å². The van der Waals surface area contributed by atoms with Crippen LogP contribution in [0.5, 0.6) is 0 Å². The fraction of sp³-hybridized carbons (Fsp3) is 0.600. The summed E-state index contributed by atoms with van der Waals surface area (Å²) in [5, 5.41) is 6.24. The molecule has 0 aliphatic heterocycles. The third-order valence-electron chi connectivity index (χ3n) is 4.86. The third-order valence-corrected chi connectivity index (χ3v) is 4.86. The summed E-state index contributed by atoms with van der Waals surface area (Å²) in [6.07, 6.45) is 4.53. The van der Waals surface area contributed by atoms with Gasteiger partial charge in [0.05, 0.1) is 12.6 Å². The first-order chi connectivity index (χ1) is 11.9. The summed E-state index contributed by atoms with van der Waals surface area (Å²) in [5.74, 6) is -0.357. The number of rotatable bonds is 9. The Bertz CT molecular complexity index is 570. The van der Waals surface area contributed by atoms with Crippen LogP contribution in [0.3, 0.4) is 0 Å². The predicted molar refractivity (Wildman–Crippen MR) is 98.2 cm³/mol. The van der Waals surface area contributed by atoms with Crippen LogP contribution in [0.4, 0.5) is 0 Å². The monoisotopic (exact) mass is 346 g/mol. The van der Waals surface area contributed by atoms with Gasteiger partial charge >= 0.3 is 5.97 Å². The van der Waals surface area contributed by atoms with Crippen molar-refractivity contribution in [1.82, 2.24) is 10.6 Å². The predicted octanol–water partition coefficient (Wildman–Crippen LogP) is 2.59. The first kappa shape index (κ1) is 19.4. The maximum absolute atomic E-state index is 12.4. The standard InChI is InChI=1S/C20H30N2O3/c1-4-25-19(24)17(12-11-16-9-6-5-7-10-16)21-15(2)18(23)22-20(3)13-8-14-20/h5-7,9-10,15,17,21H,4,8,11-14H2,1-3H3,(H,22,23)/t15-,17-/m0/s1. The van der Waals surface area contributed by atoms with Gasteiger partial charge in [-0.3, -0.25) is 14.9 Å². The Labute approximate surface area is 150 Å². The second-order valence-corrected chi connectivity index (χ2v) is 7.12. The SMILES string of the molecule is CCOC(=O)[C@H](CCc1ccccc1)N[C@@H](C)C(=O)NC1(C)CCC1. The Morgan fingerprint density at radius 1 is 1.24 bits per heavy atom. The maximum Gasteiger partial charge on any atom is 0.323 e. The number of carbonyl (C=O) groups is 2. The van der Waals surface area contributed by atoms with Crippen LogP contribution in [0.1, 0.15) is 52.0 Å². The summed E-state index contributed by atoms with van der Waals surface area (Å²) in [6.45, 7) is 5.99. The largest absolute Gasteiger partial charge is 0.465 e. The van der Waals surface area contributed by atoms with Crippen LogP contribution in [0, 0.1) is 0 Å². The molecule has 2 rings (SSSR count). The highest BCUT2D eigenvalue weighted by atomic mass is 16.5. The zero-order valence-electron chi connectivity index (χ0n) is 15.5. The molecule has 0 heterocycles. The smallest absolute Gasteiger partial charge is 0.323 e. The number of hydrogen-bond acceptors (Lipinski definition) is 4. The van der Waals surface area contributed by atoms with Gasteiger partial charge in [0.25, 0.3) is 0 Å². The minimum Gasteiger partial charge on any atom is -0.465 e. The molecule has 0 spiro atoms. The summed E-state index contributed by atoms with van der Waals surface area (Å²) in [4.78, 5) is 24.7. The van der Waals surface area contributed by atoms with Crippen LogP contribution in [-0.2, 0) is 20.7 Å². The molecule has 1 aliphatic rings. The fourth-order valence-electron chi connectivity index (χ4n) is 3.08. The van der Waals surface area contributed by atoms with E-state index in [0.29, 0.717) is 13.0 Å². The summed E-state index contributed by atoms with van der Waals surface area (Å²) in [7, 11) is 0.